The number of rotatable bonds is 7. The number of benzene rings is 1. The van der Waals surface area contributed by atoms with E-state index < -0.39 is 0 Å². The summed E-state index contributed by atoms with van der Waals surface area (Å²) >= 11 is 3.09. The minimum absolute atomic E-state index is 0.102. The lowest BCUT2D eigenvalue weighted by Crippen LogP contribution is -2.07. The second-order valence-corrected chi connectivity index (χ2v) is 9.62. The molecule has 1 aromatic carbocycles. The van der Waals surface area contributed by atoms with Gasteiger partial charge in [-0.3, -0.25) is 9.36 Å². The zero-order chi connectivity index (χ0) is 21.4. The van der Waals surface area contributed by atoms with Crippen molar-refractivity contribution < 1.29 is 9.21 Å². The molecule has 0 saturated heterocycles. The third kappa shape index (κ3) is 4.26. The predicted octanol–water partition coefficient (Wildman–Crippen LogP) is 5.07. The molecule has 0 radical (unpaired) electrons. The molecule has 3 heterocycles. The molecule has 1 saturated carbocycles. The number of amides is 1. The molecule has 0 aliphatic heterocycles. The summed E-state index contributed by atoms with van der Waals surface area (Å²) in [6.45, 7) is 3.51. The molecular weight excluding hydrogens is 432 g/mol. The van der Waals surface area contributed by atoms with Crippen LogP contribution in [-0.2, 0) is 4.79 Å². The molecule has 4 aromatic rings. The smallest absolute Gasteiger partial charge is 0.257 e. The zero-order valence-electron chi connectivity index (χ0n) is 17.0. The highest BCUT2D eigenvalue weighted by Crippen LogP contribution is 2.43. The minimum Gasteiger partial charge on any atom is -0.419 e. The average molecular weight is 453 g/mol. The van der Waals surface area contributed by atoms with Crippen molar-refractivity contribution in [2.75, 3.05) is 5.32 Å². The lowest BCUT2D eigenvalue weighted by Gasteiger charge is -2.13. The molecule has 0 spiro atoms. The maximum Gasteiger partial charge on any atom is 0.257 e. The largest absolute Gasteiger partial charge is 0.419 e. The summed E-state index contributed by atoms with van der Waals surface area (Å²) in [6.07, 6.45) is 2.22. The number of carbonyl (C=O) groups excluding carboxylic acids is 1. The Morgan fingerprint density at radius 3 is 2.84 bits per heavy atom. The zero-order valence-corrected chi connectivity index (χ0v) is 18.6. The van der Waals surface area contributed by atoms with E-state index in [2.05, 4.69) is 30.3 Å². The van der Waals surface area contributed by atoms with E-state index in [9.17, 15) is 4.79 Å². The van der Waals surface area contributed by atoms with Crippen molar-refractivity contribution in [3.8, 4) is 16.5 Å². The van der Waals surface area contributed by atoms with Gasteiger partial charge in [-0.05, 0) is 49.4 Å². The Morgan fingerprint density at radius 1 is 1.23 bits per heavy atom. The van der Waals surface area contributed by atoms with Crippen molar-refractivity contribution in [3.05, 3.63) is 53.5 Å². The summed E-state index contributed by atoms with van der Waals surface area (Å²) in [7, 11) is 0. The minimum atomic E-state index is -0.107. The van der Waals surface area contributed by atoms with Gasteiger partial charge in [0.2, 0.25) is 11.8 Å². The van der Waals surface area contributed by atoms with Gasteiger partial charge in [-0.15, -0.1) is 31.7 Å². The average Bonchev–Trinajstić information content (AvgIpc) is 3.14. The normalized spacial score (nSPS) is 14.5. The van der Waals surface area contributed by atoms with E-state index in [0.717, 1.165) is 40.1 Å². The summed E-state index contributed by atoms with van der Waals surface area (Å²) in [5.41, 5.74) is 1.65. The molecular formula is C21H20N6O2S2. The summed E-state index contributed by atoms with van der Waals surface area (Å²) in [5, 5.41) is 22.8. The molecule has 0 bridgehead atoms. The van der Waals surface area contributed by atoms with Gasteiger partial charge in [0.25, 0.3) is 5.89 Å². The fraction of sp³-hybridized carbons (Fsp3) is 0.286. The number of carbonyl (C=O) groups is 1. The Kier molecular flexibility index (Phi) is 5.33. The van der Waals surface area contributed by atoms with Gasteiger partial charge in [-0.2, -0.15) is 0 Å². The van der Waals surface area contributed by atoms with Crippen LogP contribution >= 0.6 is 23.1 Å². The van der Waals surface area contributed by atoms with Crippen LogP contribution in [0.25, 0.3) is 16.5 Å². The first-order valence-corrected chi connectivity index (χ1v) is 11.7. The number of nitrogens with zero attached hydrogens (tertiary/aromatic N) is 5. The van der Waals surface area contributed by atoms with Crippen LogP contribution in [0.2, 0.25) is 0 Å². The van der Waals surface area contributed by atoms with E-state index in [4.69, 9.17) is 4.42 Å². The Bertz CT molecular complexity index is 1210. The Balaban J connectivity index is 1.44. The second-order valence-electron chi connectivity index (χ2n) is 7.36. The molecule has 1 N–H and O–H groups in total. The van der Waals surface area contributed by atoms with E-state index in [1.165, 1.54) is 18.7 Å². The van der Waals surface area contributed by atoms with Crippen molar-refractivity contribution in [1.29, 1.82) is 0 Å². The van der Waals surface area contributed by atoms with Gasteiger partial charge >= 0.3 is 0 Å². The summed E-state index contributed by atoms with van der Waals surface area (Å²) in [5.74, 6) is 2.32. The van der Waals surface area contributed by atoms with Gasteiger partial charge < -0.3 is 9.73 Å². The number of anilines is 1. The fourth-order valence-corrected chi connectivity index (χ4v) is 4.79. The lowest BCUT2D eigenvalue weighted by atomic mass is 10.2. The van der Waals surface area contributed by atoms with Crippen molar-refractivity contribution in [3.63, 3.8) is 0 Å². The molecule has 1 fully saturated rings. The van der Waals surface area contributed by atoms with Gasteiger partial charge in [0.1, 0.15) is 5.82 Å². The number of hydrogen-bond donors (Lipinski definition) is 1. The molecule has 1 aliphatic rings. The molecule has 31 heavy (non-hydrogen) atoms. The number of aromatic nitrogens is 5. The van der Waals surface area contributed by atoms with Crippen molar-refractivity contribution in [2.24, 2.45) is 0 Å². The number of nitrogens with one attached hydrogen (secondary N) is 1. The Hall–Kier alpha value is -2.98. The molecule has 1 aliphatic carbocycles. The van der Waals surface area contributed by atoms with Gasteiger partial charge in [-0.1, -0.05) is 23.9 Å². The summed E-state index contributed by atoms with van der Waals surface area (Å²) in [4.78, 5) is 12.4. The SMILES string of the molecule is CC(=O)Nc1cccc(-n2c(SC(C)c3nnc(-c4cccs4)o3)nnc2C2CC2)c1. The first-order chi connectivity index (χ1) is 15.1. The maximum absolute atomic E-state index is 11.5. The van der Waals surface area contributed by atoms with Crippen LogP contribution in [0.15, 0.2) is 51.4 Å². The molecule has 8 nitrogen and oxygen atoms in total. The van der Waals surface area contributed by atoms with Crippen LogP contribution in [0, 0.1) is 0 Å². The van der Waals surface area contributed by atoms with Crippen LogP contribution in [0.1, 0.15) is 49.6 Å². The van der Waals surface area contributed by atoms with Crippen LogP contribution in [0.5, 0.6) is 0 Å². The Labute approximate surface area is 187 Å². The van der Waals surface area contributed by atoms with E-state index in [0.29, 0.717) is 17.7 Å². The first kappa shape index (κ1) is 20.0. The molecule has 1 amide bonds. The van der Waals surface area contributed by atoms with Gasteiger partial charge in [0.15, 0.2) is 5.16 Å². The van der Waals surface area contributed by atoms with Crippen molar-refractivity contribution >= 4 is 34.7 Å². The van der Waals surface area contributed by atoms with E-state index in [1.54, 1.807) is 11.3 Å². The first-order valence-electron chi connectivity index (χ1n) is 9.96. The van der Waals surface area contributed by atoms with E-state index in [1.807, 2.05) is 48.7 Å². The molecule has 1 unspecified atom stereocenters. The van der Waals surface area contributed by atoms with Crippen LogP contribution in [-0.4, -0.2) is 30.9 Å². The van der Waals surface area contributed by atoms with Crippen LogP contribution in [0.4, 0.5) is 5.69 Å². The van der Waals surface area contributed by atoms with Crippen LogP contribution < -0.4 is 5.32 Å². The standard InChI is InChI=1S/C21H20N6O2S2/c1-12(19-24-25-20(29-19)17-7-4-10-30-17)31-21-26-23-18(14-8-9-14)27(21)16-6-3-5-15(11-16)22-13(2)28/h3-7,10-12,14H,8-9H2,1-2H3,(H,22,28). The topological polar surface area (TPSA) is 98.7 Å². The maximum atomic E-state index is 11.5. The molecule has 3 aromatic heterocycles. The van der Waals surface area contributed by atoms with Gasteiger partial charge in [0.05, 0.1) is 15.8 Å². The number of hydrogen-bond acceptors (Lipinski definition) is 8. The fourth-order valence-electron chi connectivity index (χ4n) is 3.24. The second kappa shape index (κ2) is 8.27. The highest BCUT2D eigenvalue weighted by Gasteiger charge is 2.32. The van der Waals surface area contributed by atoms with Crippen LogP contribution in [0.3, 0.4) is 0 Å². The third-order valence-corrected chi connectivity index (χ3v) is 6.72. The summed E-state index contributed by atoms with van der Waals surface area (Å²) in [6, 6.07) is 11.6. The van der Waals surface area contributed by atoms with E-state index >= 15 is 0 Å². The number of thioether (sulfide) groups is 1. The lowest BCUT2D eigenvalue weighted by molar-refractivity contribution is -0.114. The van der Waals surface area contributed by atoms with Crippen molar-refractivity contribution in [1.82, 2.24) is 25.0 Å². The Morgan fingerprint density at radius 2 is 2.10 bits per heavy atom. The molecule has 5 rings (SSSR count). The molecule has 1 atom stereocenters. The number of thiophene rings is 1. The summed E-state index contributed by atoms with van der Waals surface area (Å²) < 4.78 is 7.97. The van der Waals surface area contributed by atoms with Gasteiger partial charge in [0, 0.05) is 18.5 Å². The predicted molar refractivity (Wildman–Crippen MR) is 120 cm³/mol. The monoisotopic (exact) mass is 452 g/mol. The molecule has 158 valence electrons. The highest BCUT2D eigenvalue weighted by atomic mass is 32.2. The van der Waals surface area contributed by atoms with E-state index in [-0.39, 0.29) is 11.2 Å². The molecule has 10 heteroatoms. The highest BCUT2D eigenvalue weighted by molar-refractivity contribution is 7.99. The van der Waals surface area contributed by atoms with Gasteiger partial charge in [-0.25, -0.2) is 0 Å². The van der Waals surface area contributed by atoms with Crippen molar-refractivity contribution in [2.45, 2.75) is 43.0 Å². The third-order valence-electron chi connectivity index (χ3n) is 4.83. The quantitative estimate of drug-likeness (QED) is 0.391.